The third-order valence-electron chi connectivity index (χ3n) is 6.03. The Morgan fingerprint density at radius 1 is 0.897 bits per heavy atom. The predicted molar refractivity (Wildman–Crippen MR) is 121 cm³/mol. The van der Waals surface area contributed by atoms with Crippen LogP contribution < -0.4 is 0 Å². The van der Waals surface area contributed by atoms with Crippen LogP contribution in [0.15, 0.2) is 29.2 Å². The summed E-state index contributed by atoms with van der Waals surface area (Å²) in [6.07, 6.45) is 6.19. The van der Waals surface area contributed by atoms with Gasteiger partial charge in [-0.05, 0) is 81.9 Å². The molecule has 4 nitrogen and oxygen atoms in total. The topological polar surface area (TPSA) is 68.3 Å². The minimum Gasteiger partial charge on any atom is -0.228 e. The fourth-order valence-corrected chi connectivity index (χ4v) is 7.09. The van der Waals surface area contributed by atoms with E-state index in [-0.39, 0.29) is 11.7 Å². The van der Waals surface area contributed by atoms with Gasteiger partial charge in [-0.25, -0.2) is 16.8 Å². The molecule has 1 saturated carbocycles. The molecule has 0 saturated heterocycles. The van der Waals surface area contributed by atoms with Gasteiger partial charge in [0, 0.05) is 0 Å². The average Bonchev–Trinajstić information content (AvgIpc) is 2.59. The molecule has 1 aliphatic rings. The van der Waals surface area contributed by atoms with Crippen LogP contribution in [0.3, 0.4) is 0 Å². The Balaban J connectivity index is 1.82. The van der Waals surface area contributed by atoms with Crippen molar-refractivity contribution in [3.63, 3.8) is 0 Å². The maximum atomic E-state index is 12.4. The summed E-state index contributed by atoms with van der Waals surface area (Å²) in [5.41, 5.74) is 1.17. The van der Waals surface area contributed by atoms with Crippen molar-refractivity contribution in [2.24, 2.45) is 17.8 Å². The lowest BCUT2D eigenvalue weighted by molar-refractivity contribution is 0.278. The first-order valence-electron chi connectivity index (χ1n) is 10.8. The van der Waals surface area contributed by atoms with Gasteiger partial charge >= 0.3 is 0 Å². The Hall–Kier alpha value is -0.880. The summed E-state index contributed by atoms with van der Waals surface area (Å²) < 4.78 is 48.8. The summed E-state index contributed by atoms with van der Waals surface area (Å²) in [7, 11) is -6.24. The van der Waals surface area contributed by atoms with Gasteiger partial charge in [0.25, 0.3) is 0 Å². The minimum absolute atomic E-state index is 0.119. The largest absolute Gasteiger partial charge is 0.228 e. The van der Waals surface area contributed by atoms with Gasteiger partial charge in [-0.1, -0.05) is 38.8 Å². The zero-order valence-corrected chi connectivity index (χ0v) is 20.3. The smallest absolute Gasteiger partial charge is 0.178 e. The van der Waals surface area contributed by atoms with E-state index in [1.54, 1.807) is 32.9 Å². The molecule has 0 aliphatic heterocycles. The molecule has 1 aromatic carbocycles. The van der Waals surface area contributed by atoms with Gasteiger partial charge in [0.15, 0.2) is 19.7 Å². The van der Waals surface area contributed by atoms with Crippen molar-refractivity contribution in [3.05, 3.63) is 29.8 Å². The zero-order chi connectivity index (χ0) is 21.9. The van der Waals surface area contributed by atoms with E-state index in [1.807, 2.05) is 26.0 Å². The highest BCUT2D eigenvalue weighted by Crippen LogP contribution is 2.34. The molecule has 0 atom stereocenters. The predicted octanol–water partition coefficient (Wildman–Crippen LogP) is 5.07. The first-order valence-corrected chi connectivity index (χ1v) is 14.1. The fraction of sp³-hybridized carbons (Fsp3) is 0.739. The number of sulfone groups is 2. The molecule has 0 bridgehead atoms. The van der Waals surface area contributed by atoms with Gasteiger partial charge < -0.3 is 0 Å². The molecule has 0 aromatic heterocycles. The van der Waals surface area contributed by atoms with Crippen LogP contribution >= 0.6 is 0 Å². The standard InChI is InChI=1S/C23H38O4S2/c1-18(2)16-28(24,25)22-14-12-20(13-15-22)7-6-19-8-10-21(11-9-19)17-29(26,27)23(3,4)5/h12-15,18-19,21H,6-11,16-17H2,1-5H3. The van der Waals surface area contributed by atoms with E-state index >= 15 is 0 Å². The van der Waals surface area contributed by atoms with Crippen LogP contribution in [0.5, 0.6) is 0 Å². The molecule has 166 valence electrons. The molecular formula is C23H38O4S2. The zero-order valence-electron chi connectivity index (χ0n) is 18.6. The summed E-state index contributed by atoms with van der Waals surface area (Å²) in [6, 6.07) is 7.35. The van der Waals surface area contributed by atoms with Crippen molar-refractivity contribution in [3.8, 4) is 0 Å². The van der Waals surface area contributed by atoms with E-state index < -0.39 is 24.4 Å². The van der Waals surface area contributed by atoms with Crippen molar-refractivity contribution < 1.29 is 16.8 Å². The van der Waals surface area contributed by atoms with Gasteiger partial charge in [0.2, 0.25) is 0 Å². The molecule has 0 spiro atoms. The molecule has 2 rings (SSSR count). The molecule has 0 unspecified atom stereocenters. The number of benzene rings is 1. The summed E-state index contributed by atoms with van der Waals surface area (Å²) in [6.45, 7) is 9.19. The van der Waals surface area contributed by atoms with E-state index in [4.69, 9.17) is 0 Å². The third kappa shape index (κ3) is 7.09. The van der Waals surface area contributed by atoms with Gasteiger partial charge in [-0.15, -0.1) is 0 Å². The third-order valence-corrected chi connectivity index (χ3v) is 10.9. The van der Waals surface area contributed by atoms with Crippen molar-refractivity contribution in [2.75, 3.05) is 11.5 Å². The first-order chi connectivity index (χ1) is 13.3. The Bertz CT molecular complexity index is 852. The van der Waals surface area contributed by atoms with E-state index in [9.17, 15) is 16.8 Å². The van der Waals surface area contributed by atoms with Gasteiger partial charge in [0.1, 0.15) is 0 Å². The molecule has 6 heteroatoms. The van der Waals surface area contributed by atoms with Crippen molar-refractivity contribution >= 4 is 19.7 Å². The molecule has 0 heterocycles. The van der Waals surface area contributed by atoms with Crippen LogP contribution in [-0.4, -0.2) is 33.1 Å². The number of hydrogen-bond acceptors (Lipinski definition) is 4. The fourth-order valence-electron chi connectivity index (χ4n) is 4.02. The molecule has 1 aliphatic carbocycles. The van der Waals surface area contributed by atoms with E-state index in [0.717, 1.165) is 38.5 Å². The molecule has 0 amide bonds. The summed E-state index contributed by atoms with van der Waals surface area (Å²) in [5.74, 6) is 1.54. The quantitative estimate of drug-likeness (QED) is 0.564. The van der Waals surface area contributed by atoms with E-state index in [0.29, 0.717) is 22.5 Å². The van der Waals surface area contributed by atoms with Crippen LogP contribution in [0.2, 0.25) is 0 Å². The Kier molecular flexibility index (Phi) is 7.99. The Morgan fingerprint density at radius 3 is 1.90 bits per heavy atom. The minimum atomic E-state index is -3.19. The lowest BCUT2D eigenvalue weighted by Crippen LogP contribution is -2.34. The van der Waals surface area contributed by atoms with Crippen molar-refractivity contribution in [2.45, 2.75) is 82.8 Å². The molecule has 1 aromatic rings. The monoisotopic (exact) mass is 442 g/mol. The summed E-state index contributed by atoms with van der Waals surface area (Å²) in [5, 5.41) is 0. The van der Waals surface area contributed by atoms with Crippen LogP contribution in [0.4, 0.5) is 0 Å². The van der Waals surface area contributed by atoms with Crippen LogP contribution in [0.25, 0.3) is 0 Å². The van der Waals surface area contributed by atoms with Crippen LogP contribution in [-0.2, 0) is 26.1 Å². The van der Waals surface area contributed by atoms with E-state index in [1.165, 1.54) is 5.56 Å². The second kappa shape index (κ2) is 9.51. The lowest BCUT2D eigenvalue weighted by Gasteiger charge is -2.30. The Morgan fingerprint density at radius 2 is 1.41 bits per heavy atom. The maximum absolute atomic E-state index is 12.4. The van der Waals surface area contributed by atoms with E-state index in [2.05, 4.69) is 0 Å². The molecular weight excluding hydrogens is 404 g/mol. The highest BCUT2D eigenvalue weighted by atomic mass is 32.2. The molecule has 1 fully saturated rings. The molecule has 0 radical (unpaired) electrons. The summed E-state index contributed by atoms with van der Waals surface area (Å²) >= 11 is 0. The van der Waals surface area contributed by atoms with Crippen molar-refractivity contribution in [1.82, 2.24) is 0 Å². The van der Waals surface area contributed by atoms with Gasteiger partial charge in [-0.3, -0.25) is 0 Å². The SMILES string of the molecule is CC(C)CS(=O)(=O)c1ccc(CCC2CCC(CS(=O)(=O)C(C)(C)C)CC2)cc1. The molecule has 29 heavy (non-hydrogen) atoms. The number of hydrogen-bond donors (Lipinski definition) is 0. The highest BCUT2D eigenvalue weighted by Gasteiger charge is 2.33. The molecule has 0 N–H and O–H groups in total. The average molecular weight is 443 g/mol. The number of rotatable bonds is 8. The maximum Gasteiger partial charge on any atom is 0.178 e. The summed E-state index contributed by atoms with van der Waals surface area (Å²) in [4.78, 5) is 0.413. The second-order valence-corrected chi connectivity index (χ2v) is 15.0. The van der Waals surface area contributed by atoms with Crippen LogP contribution in [0.1, 0.15) is 72.3 Å². The normalized spacial score (nSPS) is 21.4. The number of aryl methyl sites for hydroxylation is 1. The Labute approximate surface area is 178 Å². The highest BCUT2D eigenvalue weighted by molar-refractivity contribution is 7.92. The second-order valence-electron chi connectivity index (χ2n) is 10.1. The van der Waals surface area contributed by atoms with Gasteiger partial charge in [-0.2, -0.15) is 0 Å². The van der Waals surface area contributed by atoms with Crippen LogP contribution in [0, 0.1) is 17.8 Å². The first kappa shape index (κ1) is 24.4. The van der Waals surface area contributed by atoms with Crippen molar-refractivity contribution in [1.29, 1.82) is 0 Å². The van der Waals surface area contributed by atoms with Gasteiger partial charge in [0.05, 0.1) is 21.1 Å². The lowest BCUT2D eigenvalue weighted by atomic mass is 9.80.